The molecule has 0 aromatic rings. The number of allylic oxidation sites excluding steroid dienone is 2. The summed E-state index contributed by atoms with van der Waals surface area (Å²) in [5, 5.41) is 0. The minimum absolute atomic E-state index is 0.525. The van der Waals surface area contributed by atoms with Crippen LogP contribution in [-0.2, 0) is 4.74 Å². The molecular formula is C16H28O. The average molecular weight is 236 g/mol. The first-order chi connectivity index (χ1) is 8.35. The van der Waals surface area contributed by atoms with Crippen LogP contribution in [0, 0.1) is 17.8 Å². The predicted molar refractivity (Wildman–Crippen MR) is 73.0 cm³/mol. The molecule has 2 aliphatic rings. The predicted octanol–water partition coefficient (Wildman–Crippen LogP) is 4.57. The van der Waals surface area contributed by atoms with Crippen molar-refractivity contribution in [2.75, 3.05) is 7.11 Å². The molecule has 0 N–H and O–H groups in total. The van der Waals surface area contributed by atoms with Crippen molar-refractivity contribution < 1.29 is 4.74 Å². The molecule has 0 aliphatic heterocycles. The van der Waals surface area contributed by atoms with Gasteiger partial charge in [0.25, 0.3) is 0 Å². The van der Waals surface area contributed by atoms with Gasteiger partial charge in [-0.05, 0) is 37.0 Å². The first kappa shape index (κ1) is 13.1. The fourth-order valence-electron chi connectivity index (χ4n) is 3.71. The van der Waals surface area contributed by atoms with Crippen molar-refractivity contribution in [1.29, 1.82) is 0 Å². The Labute approximate surface area is 107 Å². The summed E-state index contributed by atoms with van der Waals surface area (Å²) in [6.07, 6.45) is 16.4. The van der Waals surface area contributed by atoms with Crippen LogP contribution in [0.1, 0.15) is 58.3 Å². The van der Waals surface area contributed by atoms with E-state index in [1.54, 1.807) is 0 Å². The second-order valence-electron chi connectivity index (χ2n) is 5.92. The third-order valence-electron chi connectivity index (χ3n) is 4.70. The lowest BCUT2D eigenvalue weighted by molar-refractivity contribution is 0.0334. The molecule has 1 nitrogen and oxygen atoms in total. The summed E-state index contributed by atoms with van der Waals surface area (Å²) in [4.78, 5) is 0. The van der Waals surface area contributed by atoms with Gasteiger partial charge in [-0.3, -0.25) is 0 Å². The van der Waals surface area contributed by atoms with E-state index in [1.807, 2.05) is 7.11 Å². The minimum atomic E-state index is 0.525. The maximum Gasteiger partial charge on any atom is 0.0605 e. The summed E-state index contributed by atoms with van der Waals surface area (Å²) in [7, 11) is 1.91. The lowest BCUT2D eigenvalue weighted by Crippen LogP contribution is -2.26. The van der Waals surface area contributed by atoms with E-state index >= 15 is 0 Å². The Hall–Kier alpha value is -0.300. The maximum atomic E-state index is 5.76. The van der Waals surface area contributed by atoms with E-state index in [4.69, 9.17) is 4.74 Å². The van der Waals surface area contributed by atoms with Gasteiger partial charge < -0.3 is 4.74 Å². The van der Waals surface area contributed by atoms with Gasteiger partial charge in [-0.25, -0.2) is 0 Å². The SMILES string of the molecule is CCCCCCCC(OC)C1CC2C=CC1C2. The quantitative estimate of drug-likeness (QED) is 0.443. The minimum Gasteiger partial charge on any atom is -0.381 e. The largest absolute Gasteiger partial charge is 0.381 e. The average Bonchev–Trinajstić information content (AvgIpc) is 2.96. The van der Waals surface area contributed by atoms with Crippen LogP contribution in [0.3, 0.4) is 0 Å². The number of hydrogen-bond acceptors (Lipinski definition) is 1. The highest BCUT2D eigenvalue weighted by molar-refractivity contribution is 5.11. The number of methoxy groups -OCH3 is 1. The zero-order valence-electron chi connectivity index (χ0n) is 11.5. The zero-order valence-corrected chi connectivity index (χ0v) is 11.5. The van der Waals surface area contributed by atoms with Gasteiger partial charge in [0.1, 0.15) is 0 Å². The molecule has 0 saturated heterocycles. The molecule has 4 atom stereocenters. The van der Waals surface area contributed by atoms with Gasteiger partial charge in [0, 0.05) is 7.11 Å². The van der Waals surface area contributed by atoms with Gasteiger partial charge in [-0.15, -0.1) is 0 Å². The lowest BCUT2D eigenvalue weighted by atomic mass is 9.86. The van der Waals surface area contributed by atoms with Crippen molar-refractivity contribution in [1.82, 2.24) is 0 Å². The molecule has 2 aliphatic carbocycles. The van der Waals surface area contributed by atoms with Gasteiger partial charge >= 0.3 is 0 Å². The van der Waals surface area contributed by atoms with Gasteiger partial charge in [0.2, 0.25) is 0 Å². The normalized spacial score (nSPS) is 32.2. The van der Waals surface area contributed by atoms with Crippen LogP contribution in [-0.4, -0.2) is 13.2 Å². The molecular weight excluding hydrogens is 208 g/mol. The summed E-state index contributed by atoms with van der Waals surface area (Å²) >= 11 is 0. The van der Waals surface area contributed by atoms with Crippen molar-refractivity contribution in [3.05, 3.63) is 12.2 Å². The van der Waals surface area contributed by atoms with Crippen LogP contribution >= 0.6 is 0 Å². The summed E-state index contributed by atoms with van der Waals surface area (Å²) in [6, 6.07) is 0. The Morgan fingerprint density at radius 2 is 1.94 bits per heavy atom. The molecule has 4 unspecified atom stereocenters. The molecule has 0 heterocycles. The number of fused-ring (bicyclic) bond motifs is 2. The fourth-order valence-corrected chi connectivity index (χ4v) is 3.71. The third kappa shape index (κ3) is 3.34. The molecule has 1 fully saturated rings. The standard InChI is InChI=1S/C16H28O/c1-3-4-5-6-7-8-16(17-2)15-12-13-9-10-14(15)11-13/h9-10,13-16H,3-8,11-12H2,1-2H3. The second kappa shape index (κ2) is 6.58. The van der Waals surface area contributed by atoms with E-state index in [2.05, 4.69) is 19.1 Å². The van der Waals surface area contributed by atoms with E-state index in [1.165, 1.54) is 51.4 Å². The van der Waals surface area contributed by atoms with Gasteiger partial charge in [0.05, 0.1) is 6.10 Å². The van der Waals surface area contributed by atoms with Crippen LogP contribution < -0.4 is 0 Å². The van der Waals surface area contributed by atoms with Crippen LogP contribution in [0.15, 0.2) is 12.2 Å². The molecule has 1 saturated carbocycles. The van der Waals surface area contributed by atoms with Crippen LogP contribution in [0.4, 0.5) is 0 Å². The third-order valence-corrected chi connectivity index (χ3v) is 4.70. The number of unbranched alkanes of at least 4 members (excludes halogenated alkanes) is 4. The molecule has 0 amide bonds. The van der Waals surface area contributed by atoms with Crippen LogP contribution in [0.25, 0.3) is 0 Å². The maximum absolute atomic E-state index is 5.76. The van der Waals surface area contributed by atoms with E-state index in [0.717, 1.165) is 17.8 Å². The molecule has 1 heteroatoms. The fraction of sp³-hybridized carbons (Fsp3) is 0.875. The smallest absolute Gasteiger partial charge is 0.0605 e. The van der Waals surface area contributed by atoms with Crippen molar-refractivity contribution >= 4 is 0 Å². The Bertz CT molecular complexity index is 246. The van der Waals surface area contributed by atoms with Crippen molar-refractivity contribution in [3.63, 3.8) is 0 Å². The van der Waals surface area contributed by atoms with Crippen LogP contribution in [0.2, 0.25) is 0 Å². The Kier molecular flexibility index (Phi) is 5.09. The number of ether oxygens (including phenoxy) is 1. The topological polar surface area (TPSA) is 9.23 Å². The highest BCUT2D eigenvalue weighted by Gasteiger charge is 2.39. The van der Waals surface area contributed by atoms with E-state index in [9.17, 15) is 0 Å². The highest BCUT2D eigenvalue weighted by Crippen LogP contribution is 2.46. The molecule has 0 radical (unpaired) electrons. The first-order valence-electron chi connectivity index (χ1n) is 7.56. The zero-order chi connectivity index (χ0) is 12.1. The second-order valence-corrected chi connectivity index (χ2v) is 5.92. The Morgan fingerprint density at radius 1 is 1.12 bits per heavy atom. The van der Waals surface area contributed by atoms with E-state index in [0.29, 0.717) is 6.10 Å². The summed E-state index contributed by atoms with van der Waals surface area (Å²) in [5.74, 6) is 2.53. The van der Waals surface area contributed by atoms with Crippen molar-refractivity contribution in [2.45, 2.75) is 64.4 Å². The molecule has 98 valence electrons. The van der Waals surface area contributed by atoms with Crippen LogP contribution in [0.5, 0.6) is 0 Å². The van der Waals surface area contributed by atoms with Crippen molar-refractivity contribution in [3.8, 4) is 0 Å². The number of rotatable bonds is 8. The molecule has 17 heavy (non-hydrogen) atoms. The van der Waals surface area contributed by atoms with Gasteiger partial charge in [-0.1, -0.05) is 51.2 Å². The Balaban J connectivity index is 1.68. The molecule has 2 rings (SSSR count). The van der Waals surface area contributed by atoms with Crippen molar-refractivity contribution in [2.24, 2.45) is 17.8 Å². The molecule has 2 bridgehead atoms. The molecule has 0 aromatic carbocycles. The Morgan fingerprint density at radius 3 is 2.53 bits per heavy atom. The first-order valence-corrected chi connectivity index (χ1v) is 7.56. The highest BCUT2D eigenvalue weighted by atomic mass is 16.5. The van der Waals surface area contributed by atoms with E-state index in [-0.39, 0.29) is 0 Å². The molecule has 0 spiro atoms. The van der Waals surface area contributed by atoms with Gasteiger partial charge in [-0.2, -0.15) is 0 Å². The molecule has 0 aromatic heterocycles. The lowest BCUT2D eigenvalue weighted by Gasteiger charge is -2.27. The summed E-state index contributed by atoms with van der Waals surface area (Å²) in [6.45, 7) is 2.28. The monoisotopic (exact) mass is 236 g/mol. The summed E-state index contributed by atoms with van der Waals surface area (Å²) < 4.78 is 5.76. The van der Waals surface area contributed by atoms with Gasteiger partial charge in [0.15, 0.2) is 0 Å². The summed E-state index contributed by atoms with van der Waals surface area (Å²) in [5.41, 5.74) is 0. The number of hydrogen-bond donors (Lipinski definition) is 0. The van der Waals surface area contributed by atoms with E-state index < -0.39 is 0 Å².